The van der Waals surface area contributed by atoms with Crippen molar-refractivity contribution in [3.05, 3.63) is 46.2 Å². The standard InChI is InChI=1S/C13H13NO4S2/c1-2-9-3-4-10(13(15)16)7-12(9)20(17,18)14-11-5-6-19-8-11/h3-8,14H,2H2,1H3,(H,15,16). The third-order valence-electron chi connectivity index (χ3n) is 2.76. The van der Waals surface area contributed by atoms with Crippen LogP contribution in [0.2, 0.25) is 0 Å². The Balaban J connectivity index is 2.48. The van der Waals surface area contributed by atoms with Gasteiger partial charge in [0, 0.05) is 5.38 Å². The minimum Gasteiger partial charge on any atom is -0.478 e. The van der Waals surface area contributed by atoms with Crippen molar-refractivity contribution in [2.45, 2.75) is 18.2 Å². The highest BCUT2D eigenvalue weighted by molar-refractivity contribution is 7.92. The molecule has 0 amide bonds. The molecule has 0 saturated carbocycles. The SMILES string of the molecule is CCc1ccc(C(=O)O)cc1S(=O)(=O)Nc1ccsc1. The first-order valence-electron chi connectivity index (χ1n) is 5.85. The van der Waals surface area contributed by atoms with Crippen LogP contribution in [-0.2, 0) is 16.4 Å². The Morgan fingerprint density at radius 2 is 2.10 bits per heavy atom. The molecule has 106 valence electrons. The zero-order valence-corrected chi connectivity index (χ0v) is 12.3. The lowest BCUT2D eigenvalue weighted by Gasteiger charge is -2.11. The summed E-state index contributed by atoms with van der Waals surface area (Å²) in [7, 11) is -3.79. The van der Waals surface area contributed by atoms with Gasteiger partial charge in [0.2, 0.25) is 0 Å². The molecule has 20 heavy (non-hydrogen) atoms. The monoisotopic (exact) mass is 311 g/mol. The van der Waals surface area contributed by atoms with Crippen molar-refractivity contribution in [3.63, 3.8) is 0 Å². The zero-order chi connectivity index (χ0) is 14.8. The lowest BCUT2D eigenvalue weighted by atomic mass is 10.1. The molecule has 5 nitrogen and oxygen atoms in total. The van der Waals surface area contributed by atoms with E-state index in [0.29, 0.717) is 17.7 Å². The molecule has 0 bridgehead atoms. The molecular formula is C13H13NO4S2. The summed E-state index contributed by atoms with van der Waals surface area (Å²) in [5, 5.41) is 12.4. The summed E-state index contributed by atoms with van der Waals surface area (Å²) in [4.78, 5) is 11.0. The Morgan fingerprint density at radius 1 is 1.35 bits per heavy atom. The van der Waals surface area contributed by atoms with E-state index >= 15 is 0 Å². The Kier molecular flexibility index (Phi) is 4.10. The van der Waals surface area contributed by atoms with Crippen LogP contribution in [0.25, 0.3) is 0 Å². The van der Waals surface area contributed by atoms with E-state index in [2.05, 4.69) is 4.72 Å². The van der Waals surface area contributed by atoms with E-state index in [1.807, 2.05) is 6.92 Å². The number of hydrogen-bond donors (Lipinski definition) is 2. The van der Waals surface area contributed by atoms with Crippen LogP contribution >= 0.6 is 11.3 Å². The number of thiophene rings is 1. The smallest absolute Gasteiger partial charge is 0.335 e. The van der Waals surface area contributed by atoms with E-state index in [9.17, 15) is 13.2 Å². The second kappa shape index (κ2) is 5.64. The third kappa shape index (κ3) is 3.00. The molecule has 0 saturated heterocycles. The molecule has 0 fully saturated rings. The molecule has 1 heterocycles. The van der Waals surface area contributed by atoms with Crippen molar-refractivity contribution >= 4 is 33.0 Å². The number of rotatable bonds is 5. The molecule has 0 spiro atoms. The van der Waals surface area contributed by atoms with Gasteiger partial charge in [-0.2, -0.15) is 11.3 Å². The lowest BCUT2D eigenvalue weighted by Crippen LogP contribution is -2.15. The van der Waals surface area contributed by atoms with Crippen LogP contribution in [-0.4, -0.2) is 19.5 Å². The Morgan fingerprint density at radius 3 is 2.65 bits per heavy atom. The second-order valence-corrected chi connectivity index (χ2v) is 6.53. The van der Waals surface area contributed by atoms with Gasteiger partial charge >= 0.3 is 5.97 Å². The van der Waals surface area contributed by atoms with E-state index in [0.717, 1.165) is 0 Å². The van der Waals surface area contributed by atoms with Crippen molar-refractivity contribution in [3.8, 4) is 0 Å². The highest BCUT2D eigenvalue weighted by Gasteiger charge is 2.20. The van der Waals surface area contributed by atoms with Gasteiger partial charge in [-0.05, 0) is 35.6 Å². The molecule has 0 radical (unpaired) electrons. The predicted molar refractivity (Wildman–Crippen MR) is 77.9 cm³/mol. The van der Waals surface area contributed by atoms with Crippen LogP contribution in [0.3, 0.4) is 0 Å². The van der Waals surface area contributed by atoms with Crippen molar-refractivity contribution in [2.75, 3.05) is 4.72 Å². The van der Waals surface area contributed by atoms with Crippen LogP contribution in [0.4, 0.5) is 5.69 Å². The number of benzene rings is 1. The maximum absolute atomic E-state index is 12.4. The number of nitrogens with one attached hydrogen (secondary N) is 1. The van der Waals surface area contributed by atoms with Crippen molar-refractivity contribution < 1.29 is 18.3 Å². The Labute approximate surface area is 120 Å². The minimum atomic E-state index is -3.79. The summed E-state index contributed by atoms with van der Waals surface area (Å²) in [6, 6.07) is 5.78. The average molecular weight is 311 g/mol. The Bertz CT molecular complexity index is 721. The molecule has 7 heteroatoms. The molecule has 2 rings (SSSR count). The van der Waals surface area contributed by atoms with E-state index in [-0.39, 0.29) is 10.5 Å². The number of sulfonamides is 1. The first-order valence-corrected chi connectivity index (χ1v) is 8.28. The summed E-state index contributed by atoms with van der Waals surface area (Å²) < 4.78 is 27.2. The van der Waals surface area contributed by atoms with Gasteiger partial charge in [0.25, 0.3) is 10.0 Å². The van der Waals surface area contributed by atoms with E-state index in [4.69, 9.17) is 5.11 Å². The van der Waals surface area contributed by atoms with Gasteiger partial charge < -0.3 is 5.11 Å². The average Bonchev–Trinajstić information content (AvgIpc) is 2.90. The van der Waals surface area contributed by atoms with Gasteiger partial charge in [0.05, 0.1) is 16.1 Å². The molecule has 1 aromatic carbocycles. The van der Waals surface area contributed by atoms with Gasteiger partial charge in [-0.15, -0.1) is 0 Å². The fraction of sp³-hybridized carbons (Fsp3) is 0.154. The molecule has 0 unspecified atom stereocenters. The van der Waals surface area contributed by atoms with Crippen LogP contribution in [0.15, 0.2) is 39.9 Å². The molecular weight excluding hydrogens is 298 g/mol. The summed E-state index contributed by atoms with van der Waals surface area (Å²) in [6.07, 6.45) is 0.500. The van der Waals surface area contributed by atoms with Crippen molar-refractivity contribution in [1.29, 1.82) is 0 Å². The van der Waals surface area contributed by atoms with E-state index in [1.54, 1.807) is 16.8 Å². The third-order valence-corrected chi connectivity index (χ3v) is 4.90. The number of carboxylic acids is 1. The van der Waals surface area contributed by atoms with Gasteiger partial charge in [0.15, 0.2) is 0 Å². The summed E-state index contributed by atoms with van der Waals surface area (Å²) in [5.41, 5.74) is 1.00. The van der Waals surface area contributed by atoms with Crippen molar-refractivity contribution in [2.24, 2.45) is 0 Å². The zero-order valence-electron chi connectivity index (χ0n) is 10.7. The highest BCUT2D eigenvalue weighted by atomic mass is 32.2. The summed E-state index contributed by atoms with van der Waals surface area (Å²) in [6.45, 7) is 1.82. The normalized spacial score (nSPS) is 11.2. The number of hydrogen-bond acceptors (Lipinski definition) is 4. The molecule has 2 N–H and O–H groups in total. The lowest BCUT2D eigenvalue weighted by molar-refractivity contribution is 0.0696. The number of carbonyl (C=O) groups is 1. The number of aromatic carboxylic acids is 1. The second-order valence-electron chi connectivity index (χ2n) is 4.10. The first kappa shape index (κ1) is 14.5. The largest absolute Gasteiger partial charge is 0.478 e. The molecule has 0 atom stereocenters. The minimum absolute atomic E-state index is 0.00565. The molecule has 1 aromatic heterocycles. The van der Waals surface area contributed by atoms with Gasteiger partial charge in [0.1, 0.15) is 0 Å². The molecule has 2 aromatic rings. The van der Waals surface area contributed by atoms with Gasteiger partial charge in [-0.3, -0.25) is 4.72 Å². The molecule has 0 aliphatic heterocycles. The Hall–Kier alpha value is -1.86. The predicted octanol–water partition coefficient (Wildman–Crippen LogP) is 2.81. The van der Waals surface area contributed by atoms with Crippen LogP contribution in [0, 0.1) is 0 Å². The van der Waals surface area contributed by atoms with Crippen LogP contribution in [0.5, 0.6) is 0 Å². The fourth-order valence-corrected chi connectivity index (χ4v) is 3.81. The molecule has 0 aliphatic carbocycles. The van der Waals surface area contributed by atoms with Crippen LogP contribution < -0.4 is 4.72 Å². The van der Waals surface area contributed by atoms with E-state index in [1.165, 1.54) is 29.5 Å². The maximum atomic E-state index is 12.4. The topological polar surface area (TPSA) is 83.5 Å². The summed E-state index contributed by atoms with van der Waals surface area (Å²) >= 11 is 1.37. The summed E-state index contributed by atoms with van der Waals surface area (Å²) in [5.74, 6) is -1.15. The van der Waals surface area contributed by atoms with Gasteiger partial charge in [-0.1, -0.05) is 13.0 Å². The van der Waals surface area contributed by atoms with Crippen molar-refractivity contribution in [1.82, 2.24) is 0 Å². The maximum Gasteiger partial charge on any atom is 0.335 e. The molecule has 0 aliphatic rings. The fourth-order valence-electron chi connectivity index (χ4n) is 1.76. The van der Waals surface area contributed by atoms with Gasteiger partial charge in [-0.25, -0.2) is 13.2 Å². The van der Waals surface area contributed by atoms with Crippen LogP contribution in [0.1, 0.15) is 22.8 Å². The number of anilines is 1. The number of aryl methyl sites for hydroxylation is 1. The number of carboxylic acid groups (broad SMARTS) is 1. The van der Waals surface area contributed by atoms with E-state index < -0.39 is 16.0 Å². The first-order chi connectivity index (χ1) is 9.44. The quantitative estimate of drug-likeness (QED) is 0.889. The highest BCUT2D eigenvalue weighted by Crippen LogP contribution is 2.23.